The molecule has 1 aliphatic rings. The highest BCUT2D eigenvalue weighted by Gasteiger charge is 2.20. The van der Waals surface area contributed by atoms with E-state index in [1.54, 1.807) is 0 Å². The van der Waals surface area contributed by atoms with E-state index < -0.39 is 0 Å². The normalized spacial score (nSPS) is 17.2. The fourth-order valence-corrected chi connectivity index (χ4v) is 2.25. The van der Waals surface area contributed by atoms with Gasteiger partial charge in [-0.3, -0.25) is 4.79 Å². The van der Waals surface area contributed by atoms with E-state index in [1.165, 1.54) is 19.3 Å². The minimum absolute atomic E-state index is 0.216. The lowest BCUT2D eigenvalue weighted by molar-refractivity contribution is -0.121. The van der Waals surface area contributed by atoms with Crippen LogP contribution in [0.1, 0.15) is 52.4 Å². The van der Waals surface area contributed by atoms with E-state index in [4.69, 9.17) is 5.73 Å². The third kappa shape index (κ3) is 6.67. The number of rotatable bonds is 9. The van der Waals surface area contributed by atoms with Crippen LogP contribution >= 0.6 is 0 Å². The first-order valence-corrected chi connectivity index (χ1v) is 7.10. The number of carbonyl (C=O) groups is 1. The van der Waals surface area contributed by atoms with Crippen molar-refractivity contribution in [1.29, 1.82) is 0 Å². The number of amides is 1. The van der Waals surface area contributed by atoms with Crippen LogP contribution in [0.25, 0.3) is 0 Å². The van der Waals surface area contributed by atoms with Crippen LogP contribution in [0.4, 0.5) is 0 Å². The molecule has 1 amide bonds. The summed E-state index contributed by atoms with van der Waals surface area (Å²) in [4.78, 5) is 11.6. The number of nitrogens with two attached hydrogens (primary N) is 1. The Labute approximate surface area is 106 Å². The zero-order valence-electron chi connectivity index (χ0n) is 11.4. The van der Waals surface area contributed by atoms with Crippen LogP contribution in [0.5, 0.6) is 0 Å². The van der Waals surface area contributed by atoms with Crippen LogP contribution in [-0.2, 0) is 4.79 Å². The molecule has 0 aromatic heterocycles. The number of hydrogen-bond acceptors (Lipinski definition) is 2. The molecule has 0 spiro atoms. The zero-order chi connectivity index (χ0) is 12.7. The molecule has 3 N–H and O–H groups in total. The molecule has 1 unspecified atom stereocenters. The van der Waals surface area contributed by atoms with E-state index in [0.29, 0.717) is 18.3 Å². The average molecular weight is 240 g/mol. The SMILES string of the molecule is CC(C)C(CCN)CCC(=O)NCCC1CC1. The Morgan fingerprint density at radius 3 is 2.59 bits per heavy atom. The largest absolute Gasteiger partial charge is 0.356 e. The zero-order valence-corrected chi connectivity index (χ0v) is 11.4. The van der Waals surface area contributed by atoms with Crippen molar-refractivity contribution in [3.8, 4) is 0 Å². The summed E-state index contributed by atoms with van der Waals surface area (Å²) >= 11 is 0. The summed E-state index contributed by atoms with van der Waals surface area (Å²) in [5.41, 5.74) is 5.59. The highest BCUT2D eigenvalue weighted by molar-refractivity contribution is 5.75. The van der Waals surface area contributed by atoms with Crippen LogP contribution in [0, 0.1) is 17.8 Å². The second-order valence-electron chi connectivity index (χ2n) is 5.70. The van der Waals surface area contributed by atoms with Gasteiger partial charge in [0.05, 0.1) is 0 Å². The lowest BCUT2D eigenvalue weighted by Gasteiger charge is -2.19. The van der Waals surface area contributed by atoms with Crippen LogP contribution in [-0.4, -0.2) is 19.0 Å². The minimum atomic E-state index is 0.216. The summed E-state index contributed by atoms with van der Waals surface area (Å²) in [5, 5.41) is 3.02. The van der Waals surface area contributed by atoms with Gasteiger partial charge in [0, 0.05) is 13.0 Å². The van der Waals surface area contributed by atoms with Gasteiger partial charge in [-0.05, 0) is 43.6 Å². The molecule has 1 atom stereocenters. The topological polar surface area (TPSA) is 55.1 Å². The molecule has 1 fully saturated rings. The molecular formula is C14H28N2O. The van der Waals surface area contributed by atoms with Crippen molar-refractivity contribution in [2.45, 2.75) is 52.4 Å². The molecule has 17 heavy (non-hydrogen) atoms. The van der Waals surface area contributed by atoms with E-state index >= 15 is 0 Å². The van der Waals surface area contributed by atoms with E-state index in [1.807, 2.05) is 0 Å². The molecular weight excluding hydrogens is 212 g/mol. The highest BCUT2D eigenvalue weighted by atomic mass is 16.1. The fourth-order valence-electron chi connectivity index (χ4n) is 2.25. The number of nitrogens with one attached hydrogen (secondary N) is 1. The van der Waals surface area contributed by atoms with Crippen molar-refractivity contribution in [3.05, 3.63) is 0 Å². The smallest absolute Gasteiger partial charge is 0.220 e. The Morgan fingerprint density at radius 2 is 2.06 bits per heavy atom. The van der Waals surface area contributed by atoms with Crippen LogP contribution in [0.2, 0.25) is 0 Å². The summed E-state index contributed by atoms with van der Waals surface area (Å²) in [6, 6.07) is 0. The molecule has 100 valence electrons. The molecule has 1 rings (SSSR count). The maximum absolute atomic E-state index is 11.6. The quantitative estimate of drug-likeness (QED) is 0.650. The monoisotopic (exact) mass is 240 g/mol. The lowest BCUT2D eigenvalue weighted by Crippen LogP contribution is -2.26. The molecule has 0 aromatic rings. The molecule has 0 radical (unpaired) electrons. The number of hydrogen-bond donors (Lipinski definition) is 2. The molecule has 0 bridgehead atoms. The Morgan fingerprint density at radius 1 is 1.35 bits per heavy atom. The summed E-state index contributed by atoms with van der Waals surface area (Å²) < 4.78 is 0. The first kappa shape index (κ1) is 14.5. The van der Waals surface area contributed by atoms with Crippen LogP contribution < -0.4 is 11.1 Å². The molecule has 3 heteroatoms. The van der Waals surface area contributed by atoms with Crippen molar-refractivity contribution >= 4 is 5.91 Å². The minimum Gasteiger partial charge on any atom is -0.356 e. The molecule has 0 aliphatic heterocycles. The third-order valence-corrected chi connectivity index (χ3v) is 3.79. The van der Waals surface area contributed by atoms with Gasteiger partial charge in [-0.25, -0.2) is 0 Å². The van der Waals surface area contributed by atoms with Gasteiger partial charge in [0.1, 0.15) is 0 Å². The van der Waals surface area contributed by atoms with Gasteiger partial charge < -0.3 is 11.1 Å². The predicted molar refractivity (Wildman–Crippen MR) is 71.6 cm³/mol. The van der Waals surface area contributed by atoms with Crippen LogP contribution in [0.15, 0.2) is 0 Å². The Bertz CT molecular complexity index is 224. The highest BCUT2D eigenvalue weighted by Crippen LogP contribution is 2.31. The summed E-state index contributed by atoms with van der Waals surface area (Å²) in [6.07, 6.45) is 6.57. The first-order chi connectivity index (χ1) is 8.13. The summed E-state index contributed by atoms with van der Waals surface area (Å²) in [6.45, 7) is 6.02. The van der Waals surface area contributed by atoms with Crippen molar-refractivity contribution in [3.63, 3.8) is 0 Å². The number of carbonyl (C=O) groups excluding carboxylic acids is 1. The summed E-state index contributed by atoms with van der Waals surface area (Å²) in [7, 11) is 0. The lowest BCUT2D eigenvalue weighted by atomic mass is 9.88. The van der Waals surface area contributed by atoms with E-state index in [-0.39, 0.29) is 5.91 Å². The van der Waals surface area contributed by atoms with Gasteiger partial charge in [0.25, 0.3) is 0 Å². The summed E-state index contributed by atoms with van der Waals surface area (Å²) in [5.74, 6) is 2.33. The van der Waals surface area contributed by atoms with E-state index in [9.17, 15) is 4.79 Å². The van der Waals surface area contributed by atoms with Gasteiger partial charge >= 0.3 is 0 Å². The predicted octanol–water partition coefficient (Wildman–Crippen LogP) is 2.30. The second-order valence-corrected chi connectivity index (χ2v) is 5.70. The van der Waals surface area contributed by atoms with Gasteiger partial charge in [-0.2, -0.15) is 0 Å². The van der Waals surface area contributed by atoms with E-state index in [2.05, 4.69) is 19.2 Å². The third-order valence-electron chi connectivity index (χ3n) is 3.79. The van der Waals surface area contributed by atoms with Gasteiger partial charge in [-0.1, -0.05) is 26.7 Å². The van der Waals surface area contributed by atoms with Crippen molar-refractivity contribution in [1.82, 2.24) is 5.32 Å². The first-order valence-electron chi connectivity index (χ1n) is 7.10. The second kappa shape index (κ2) is 7.70. The fraction of sp³-hybridized carbons (Fsp3) is 0.929. The van der Waals surface area contributed by atoms with Gasteiger partial charge in [0.2, 0.25) is 5.91 Å². The van der Waals surface area contributed by atoms with E-state index in [0.717, 1.165) is 31.8 Å². The molecule has 1 aliphatic carbocycles. The molecule has 3 nitrogen and oxygen atoms in total. The average Bonchev–Trinajstić information content (AvgIpc) is 3.07. The van der Waals surface area contributed by atoms with Crippen molar-refractivity contribution < 1.29 is 4.79 Å². The molecule has 0 saturated heterocycles. The molecule has 1 saturated carbocycles. The maximum atomic E-state index is 11.6. The Kier molecular flexibility index (Phi) is 6.56. The standard InChI is InChI=1S/C14H28N2O/c1-11(2)13(7-9-15)5-6-14(17)16-10-8-12-3-4-12/h11-13H,3-10,15H2,1-2H3,(H,16,17). The van der Waals surface area contributed by atoms with Gasteiger partial charge in [-0.15, -0.1) is 0 Å². The Hall–Kier alpha value is -0.570. The van der Waals surface area contributed by atoms with Crippen molar-refractivity contribution in [2.24, 2.45) is 23.5 Å². The molecule has 0 heterocycles. The van der Waals surface area contributed by atoms with Crippen LogP contribution in [0.3, 0.4) is 0 Å². The maximum Gasteiger partial charge on any atom is 0.220 e. The Balaban J connectivity index is 2.06. The van der Waals surface area contributed by atoms with Gasteiger partial charge in [0.15, 0.2) is 0 Å². The van der Waals surface area contributed by atoms with Crippen molar-refractivity contribution in [2.75, 3.05) is 13.1 Å². The molecule has 0 aromatic carbocycles.